The van der Waals surface area contributed by atoms with E-state index in [-0.39, 0.29) is 18.7 Å². The number of sulfonamides is 1. The van der Waals surface area contributed by atoms with E-state index in [4.69, 9.17) is 0 Å². The lowest BCUT2D eigenvalue weighted by Crippen LogP contribution is -2.36. The van der Waals surface area contributed by atoms with Crippen molar-refractivity contribution < 1.29 is 17.2 Å². The molecule has 1 aromatic carbocycles. The van der Waals surface area contributed by atoms with Crippen LogP contribution in [0.4, 0.5) is 8.78 Å². The molecule has 0 radical (unpaired) electrons. The summed E-state index contributed by atoms with van der Waals surface area (Å²) in [4.78, 5) is 0. The number of rotatable bonds is 7. The first kappa shape index (κ1) is 15.0. The predicted molar refractivity (Wildman–Crippen MR) is 66.1 cm³/mol. The van der Waals surface area contributed by atoms with Crippen molar-refractivity contribution in [1.29, 1.82) is 0 Å². The van der Waals surface area contributed by atoms with Gasteiger partial charge < -0.3 is 5.32 Å². The first-order chi connectivity index (χ1) is 8.31. The molecule has 0 unspecified atom stereocenters. The molecule has 0 saturated carbocycles. The Balaban J connectivity index is 2.35. The molecule has 0 aliphatic rings. The molecule has 4 nitrogen and oxygen atoms in total. The predicted octanol–water partition coefficient (Wildman–Crippen LogP) is 0.917. The van der Waals surface area contributed by atoms with E-state index < -0.39 is 22.5 Å². The van der Waals surface area contributed by atoms with Gasteiger partial charge in [0.1, 0.15) is 0 Å². The Morgan fingerprint density at radius 1 is 1.17 bits per heavy atom. The van der Waals surface area contributed by atoms with Crippen LogP contribution in [0.1, 0.15) is 5.56 Å². The van der Waals surface area contributed by atoms with Crippen molar-refractivity contribution in [2.75, 3.05) is 25.9 Å². The summed E-state index contributed by atoms with van der Waals surface area (Å²) in [7, 11) is -3.27. The summed E-state index contributed by atoms with van der Waals surface area (Å²) >= 11 is 0. The minimum Gasteiger partial charge on any atom is -0.310 e. The fourth-order valence-electron chi connectivity index (χ4n) is 1.35. The van der Waals surface area contributed by atoms with Crippen molar-refractivity contribution in [2.45, 2.75) is 5.92 Å². The molecule has 2 N–H and O–H groups in total. The van der Waals surface area contributed by atoms with E-state index in [0.717, 1.165) is 6.26 Å². The summed E-state index contributed by atoms with van der Waals surface area (Å²) in [5.74, 6) is -2.97. The molecular weight excluding hydrogens is 262 g/mol. The van der Waals surface area contributed by atoms with E-state index >= 15 is 0 Å². The van der Waals surface area contributed by atoms with Crippen LogP contribution in [0.3, 0.4) is 0 Å². The van der Waals surface area contributed by atoms with E-state index in [1.54, 1.807) is 18.2 Å². The highest BCUT2D eigenvalue weighted by molar-refractivity contribution is 7.88. The number of halogens is 2. The number of benzene rings is 1. The molecule has 1 rings (SSSR count). The SMILES string of the molecule is CS(=O)(=O)NCCNCC(F)(F)c1ccccc1. The van der Waals surface area contributed by atoms with Crippen molar-refractivity contribution in [3.8, 4) is 0 Å². The van der Waals surface area contributed by atoms with E-state index in [9.17, 15) is 17.2 Å². The zero-order valence-electron chi connectivity index (χ0n) is 9.99. The maximum Gasteiger partial charge on any atom is 0.285 e. The molecule has 0 atom stereocenters. The fourth-order valence-corrected chi connectivity index (χ4v) is 1.83. The van der Waals surface area contributed by atoms with Gasteiger partial charge in [0, 0.05) is 18.7 Å². The second-order valence-corrected chi connectivity index (χ2v) is 5.75. The Morgan fingerprint density at radius 3 is 2.33 bits per heavy atom. The van der Waals surface area contributed by atoms with Gasteiger partial charge in [-0.05, 0) is 0 Å². The highest BCUT2D eigenvalue weighted by atomic mass is 32.2. The zero-order chi connectivity index (χ0) is 13.6. The third kappa shape index (κ3) is 5.52. The average Bonchev–Trinajstić information content (AvgIpc) is 2.28. The maximum absolute atomic E-state index is 13.6. The molecule has 102 valence electrons. The topological polar surface area (TPSA) is 58.2 Å². The van der Waals surface area contributed by atoms with Crippen molar-refractivity contribution in [1.82, 2.24) is 10.0 Å². The van der Waals surface area contributed by atoms with Gasteiger partial charge in [0.15, 0.2) is 0 Å². The normalized spacial score (nSPS) is 12.6. The van der Waals surface area contributed by atoms with Crippen LogP contribution in [-0.4, -0.2) is 34.3 Å². The van der Waals surface area contributed by atoms with Gasteiger partial charge in [-0.15, -0.1) is 0 Å². The van der Waals surface area contributed by atoms with Crippen LogP contribution < -0.4 is 10.0 Å². The Morgan fingerprint density at radius 2 is 1.78 bits per heavy atom. The zero-order valence-corrected chi connectivity index (χ0v) is 10.8. The molecule has 0 saturated heterocycles. The van der Waals surface area contributed by atoms with E-state index in [1.807, 2.05) is 0 Å². The van der Waals surface area contributed by atoms with Crippen molar-refractivity contribution >= 4 is 10.0 Å². The molecule has 0 amide bonds. The smallest absolute Gasteiger partial charge is 0.285 e. The highest BCUT2D eigenvalue weighted by Crippen LogP contribution is 2.26. The van der Waals surface area contributed by atoms with Gasteiger partial charge in [0.25, 0.3) is 5.92 Å². The largest absolute Gasteiger partial charge is 0.310 e. The van der Waals surface area contributed by atoms with Crippen LogP contribution in [0, 0.1) is 0 Å². The molecule has 0 aromatic heterocycles. The second-order valence-electron chi connectivity index (χ2n) is 3.91. The van der Waals surface area contributed by atoms with Gasteiger partial charge >= 0.3 is 0 Å². The fraction of sp³-hybridized carbons (Fsp3) is 0.455. The lowest BCUT2D eigenvalue weighted by molar-refractivity contribution is -0.00276. The molecule has 1 aromatic rings. The van der Waals surface area contributed by atoms with E-state index in [2.05, 4.69) is 10.0 Å². The Kier molecular flexibility index (Phi) is 5.18. The van der Waals surface area contributed by atoms with Crippen LogP contribution in [0.15, 0.2) is 30.3 Å². The van der Waals surface area contributed by atoms with E-state index in [1.165, 1.54) is 12.1 Å². The average molecular weight is 278 g/mol. The molecule has 0 aliphatic carbocycles. The summed E-state index contributed by atoms with van der Waals surface area (Å²) in [5.41, 5.74) is -0.0615. The summed E-state index contributed by atoms with van der Waals surface area (Å²) in [6.07, 6.45) is 1.02. The molecular formula is C11H16F2N2O2S. The van der Waals surface area contributed by atoms with Gasteiger partial charge in [-0.1, -0.05) is 30.3 Å². The summed E-state index contributed by atoms with van der Waals surface area (Å²) in [6, 6.07) is 7.48. The Labute approximate surface area is 105 Å². The maximum atomic E-state index is 13.6. The quantitative estimate of drug-likeness (QED) is 0.729. The standard InChI is InChI=1S/C11H16F2N2O2S/c1-18(16,17)15-8-7-14-9-11(12,13)10-5-3-2-4-6-10/h2-6,14-15H,7-9H2,1H3. The highest BCUT2D eigenvalue weighted by Gasteiger charge is 2.30. The molecule has 0 bridgehead atoms. The van der Waals surface area contributed by atoms with Gasteiger partial charge in [-0.25, -0.2) is 13.1 Å². The first-order valence-corrected chi connectivity index (χ1v) is 7.29. The van der Waals surface area contributed by atoms with Crippen LogP contribution in [0.25, 0.3) is 0 Å². The second kappa shape index (κ2) is 6.21. The minimum absolute atomic E-state index is 0.0615. The van der Waals surface area contributed by atoms with Crippen LogP contribution in [-0.2, 0) is 15.9 Å². The van der Waals surface area contributed by atoms with Crippen LogP contribution in [0.5, 0.6) is 0 Å². The molecule has 0 fully saturated rings. The Hall–Kier alpha value is -1.05. The lowest BCUT2D eigenvalue weighted by atomic mass is 10.1. The first-order valence-electron chi connectivity index (χ1n) is 5.40. The van der Waals surface area contributed by atoms with Crippen LogP contribution >= 0.6 is 0 Å². The van der Waals surface area contributed by atoms with Gasteiger partial charge in [0.2, 0.25) is 10.0 Å². The monoisotopic (exact) mass is 278 g/mol. The van der Waals surface area contributed by atoms with Gasteiger partial charge in [0.05, 0.1) is 12.8 Å². The number of hydrogen-bond donors (Lipinski definition) is 2. The third-order valence-electron chi connectivity index (χ3n) is 2.21. The number of nitrogens with one attached hydrogen (secondary N) is 2. The minimum atomic E-state index is -3.27. The molecule has 0 spiro atoms. The summed E-state index contributed by atoms with van der Waals surface area (Å²) in [5, 5.41) is 2.52. The number of hydrogen-bond acceptors (Lipinski definition) is 3. The molecule has 0 heterocycles. The van der Waals surface area contributed by atoms with Gasteiger partial charge in [-0.3, -0.25) is 0 Å². The van der Waals surface area contributed by atoms with Crippen molar-refractivity contribution in [2.24, 2.45) is 0 Å². The summed E-state index contributed by atoms with van der Waals surface area (Å²) < 4.78 is 50.9. The molecule has 7 heteroatoms. The number of alkyl halides is 2. The third-order valence-corrected chi connectivity index (χ3v) is 2.94. The molecule has 0 aliphatic heterocycles. The molecule has 18 heavy (non-hydrogen) atoms. The summed E-state index contributed by atoms with van der Waals surface area (Å²) in [6.45, 7) is -0.290. The van der Waals surface area contributed by atoms with Gasteiger partial charge in [-0.2, -0.15) is 8.78 Å². The Bertz CT molecular complexity index is 463. The van der Waals surface area contributed by atoms with Crippen molar-refractivity contribution in [3.63, 3.8) is 0 Å². The van der Waals surface area contributed by atoms with Crippen LogP contribution in [0.2, 0.25) is 0 Å². The lowest BCUT2D eigenvalue weighted by Gasteiger charge is -2.17. The van der Waals surface area contributed by atoms with E-state index in [0.29, 0.717) is 0 Å². The van der Waals surface area contributed by atoms with Crippen molar-refractivity contribution in [3.05, 3.63) is 35.9 Å².